The van der Waals surface area contributed by atoms with Gasteiger partial charge in [-0.05, 0) is 45.7 Å². The van der Waals surface area contributed by atoms with Crippen LogP contribution in [0, 0.1) is 11.8 Å². The SMILES string of the molecule is O=C(OC(c1ccccc1)c1ccccc1)[C@@H]1[C@@H]2C(=O)N(c3ccc4ccccc4c3)C(=O)[C@@H]2[C@H]2C=Cc3ccccc3N21. The summed E-state index contributed by atoms with van der Waals surface area (Å²) in [5.74, 6) is -2.86. The summed E-state index contributed by atoms with van der Waals surface area (Å²) < 4.78 is 6.37. The van der Waals surface area contributed by atoms with Crippen molar-refractivity contribution < 1.29 is 19.1 Å². The van der Waals surface area contributed by atoms with Crippen molar-refractivity contribution in [2.75, 3.05) is 9.80 Å². The molecule has 6 heteroatoms. The Labute approximate surface area is 254 Å². The van der Waals surface area contributed by atoms with Crippen LogP contribution in [0.3, 0.4) is 0 Å². The minimum atomic E-state index is -0.993. The first kappa shape index (κ1) is 26.2. The highest BCUT2D eigenvalue weighted by molar-refractivity contribution is 6.25. The monoisotopic (exact) mass is 576 g/mol. The molecule has 214 valence electrons. The molecule has 2 saturated heterocycles. The number of rotatable bonds is 5. The van der Waals surface area contributed by atoms with E-state index in [1.165, 1.54) is 4.90 Å². The van der Waals surface area contributed by atoms with E-state index in [2.05, 4.69) is 0 Å². The molecule has 0 bridgehead atoms. The number of nitrogens with zero attached hydrogens (tertiary/aromatic N) is 2. The number of amides is 2. The molecule has 5 aromatic carbocycles. The van der Waals surface area contributed by atoms with Gasteiger partial charge in [0.05, 0.1) is 23.6 Å². The Bertz CT molecular complexity index is 1910. The molecule has 44 heavy (non-hydrogen) atoms. The summed E-state index contributed by atoms with van der Waals surface area (Å²) in [4.78, 5) is 46.3. The number of esters is 1. The number of ether oxygens (including phenoxy) is 1. The van der Waals surface area contributed by atoms with Gasteiger partial charge in [0.1, 0.15) is 6.04 Å². The highest BCUT2D eigenvalue weighted by atomic mass is 16.5. The van der Waals surface area contributed by atoms with Gasteiger partial charge in [-0.3, -0.25) is 9.59 Å². The van der Waals surface area contributed by atoms with Crippen molar-refractivity contribution in [3.8, 4) is 0 Å². The number of benzene rings is 5. The lowest BCUT2D eigenvalue weighted by Crippen LogP contribution is -2.49. The van der Waals surface area contributed by atoms with Gasteiger partial charge in [-0.2, -0.15) is 0 Å². The molecular weight excluding hydrogens is 548 g/mol. The molecule has 0 N–H and O–H groups in total. The third-order valence-electron chi connectivity index (χ3n) is 9.09. The molecule has 0 aliphatic carbocycles. The van der Waals surface area contributed by atoms with Crippen molar-refractivity contribution in [1.82, 2.24) is 0 Å². The lowest BCUT2D eigenvalue weighted by molar-refractivity contribution is -0.151. The summed E-state index contributed by atoms with van der Waals surface area (Å²) >= 11 is 0. The first-order chi connectivity index (χ1) is 21.6. The van der Waals surface area contributed by atoms with Crippen LogP contribution in [0.4, 0.5) is 11.4 Å². The van der Waals surface area contributed by atoms with Gasteiger partial charge >= 0.3 is 5.97 Å². The molecule has 6 nitrogen and oxygen atoms in total. The fourth-order valence-corrected chi connectivity index (χ4v) is 7.12. The van der Waals surface area contributed by atoms with Gasteiger partial charge in [0.15, 0.2) is 6.10 Å². The van der Waals surface area contributed by atoms with Crippen molar-refractivity contribution in [3.05, 3.63) is 150 Å². The quantitative estimate of drug-likeness (QED) is 0.175. The van der Waals surface area contributed by atoms with Crippen LogP contribution >= 0.6 is 0 Å². The van der Waals surface area contributed by atoms with Crippen LogP contribution in [0.15, 0.2) is 133 Å². The summed E-state index contributed by atoms with van der Waals surface area (Å²) in [5.41, 5.74) is 3.89. The summed E-state index contributed by atoms with van der Waals surface area (Å²) in [7, 11) is 0. The average molecular weight is 577 g/mol. The Hall–Kier alpha value is -5.49. The van der Waals surface area contributed by atoms with Crippen LogP contribution in [0.2, 0.25) is 0 Å². The van der Waals surface area contributed by atoms with E-state index in [0.717, 1.165) is 33.2 Å². The van der Waals surface area contributed by atoms with Crippen molar-refractivity contribution >= 4 is 46.0 Å². The number of hydrogen-bond acceptors (Lipinski definition) is 5. The number of imide groups is 1. The number of carbonyl (C=O) groups is 3. The predicted molar refractivity (Wildman–Crippen MR) is 170 cm³/mol. The number of anilines is 2. The number of fused-ring (bicyclic) bond motifs is 6. The smallest absolute Gasteiger partial charge is 0.330 e. The molecule has 3 aliphatic heterocycles. The second kappa shape index (κ2) is 10.3. The zero-order chi connectivity index (χ0) is 29.8. The largest absolute Gasteiger partial charge is 0.451 e. The molecule has 3 aliphatic rings. The average Bonchev–Trinajstić information content (AvgIpc) is 3.56. The molecule has 4 atom stereocenters. The maximum Gasteiger partial charge on any atom is 0.330 e. The Kier molecular flexibility index (Phi) is 6.15. The molecule has 0 radical (unpaired) electrons. The second-order valence-corrected chi connectivity index (χ2v) is 11.5. The van der Waals surface area contributed by atoms with Crippen LogP contribution in [-0.2, 0) is 19.1 Å². The van der Waals surface area contributed by atoms with E-state index in [1.807, 2.05) is 138 Å². The van der Waals surface area contributed by atoms with Crippen LogP contribution in [0.5, 0.6) is 0 Å². The van der Waals surface area contributed by atoms with Gasteiger partial charge in [0.25, 0.3) is 0 Å². The molecule has 0 aromatic heterocycles. The lowest BCUT2D eigenvalue weighted by atomic mass is 9.88. The van der Waals surface area contributed by atoms with Gasteiger partial charge in [-0.15, -0.1) is 0 Å². The van der Waals surface area contributed by atoms with E-state index in [0.29, 0.717) is 5.69 Å². The zero-order valence-electron chi connectivity index (χ0n) is 23.7. The number of carbonyl (C=O) groups excluding carboxylic acids is 3. The molecule has 0 spiro atoms. The lowest BCUT2D eigenvalue weighted by Gasteiger charge is -2.36. The minimum Gasteiger partial charge on any atom is -0.451 e. The van der Waals surface area contributed by atoms with Crippen molar-refractivity contribution in [1.29, 1.82) is 0 Å². The van der Waals surface area contributed by atoms with Gasteiger partial charge < -0.3 is 9.64 Å². The van der Waals surface area contributed by atoms with Crippen LogP contribution < -0.4 is 9.80 Å². The molecule has 0 unspecified atom stereocenters. The van der Waals surface area contributed by atoms with Crippen LogP contribution in [-0.4, -0.2) is 29.9 Å². The van der Waals surface area contributed by atoms with Crippen molar-refractivity contribution in [3.63, 3.8) is 0 Å². The fraction of sp³-hybridized carbons (Fsp3) is 0.132. The van der Waals surface area contributed by atoms with E-state index in [-0.39, 0.29) is 11.8 Å². The molecule has 0 saturated carbocycles. The van der Waals surface area contributed by atoms with E-state index < -0.39 is 36.0 Å². The topological polar surface area (TPSA) is 66.9 Å². The Morgan fingerprint density at radius 3 is 2.00 bits per heavy atom. The van der Waals surface area contributed by atoms with E-state index in [4.69, 9.17) is 4.74 Å². The van der Waals surface area contributed by atoms with Gasteiger partial charge in [0.2, 0.25) is 11.8 Å². The summed E-state index contributed by atoms with van der Waals surface area (Å²) in [6.45, 7) is 0. The van der Waals surface area contributed by atoms with E-state index >= 15 is 0 Å². The third-order valence-corrected chi connectivity index (χ3v) is 9.09. The van der Waals surface area contributed by atoms with Crippen LogP contribution in [0.25, 0.3) is 16.8 Å². The summed E-state index contributed by atoms with van der Waals surface area (Å²) in [6.07, 6.45) is 3.25. The van der Waals surface area contributed by atoms with Gasteiger partial charge in [-0.25, -0.2) is 9.69 Å². The molecular formula is C38H28N2O4. The fourth-order valence-electron chi connectivity index (χ4n) is 7.12. The highest BCUT2D eigenvalue weighted by Crippen LogP contribution is 2.50. The summed E-state index contributed by atoms with van der Waals surface area (Å²) in [6, 6.07) is 38.9. The van der Waals surface area contributed by atoms with Gasteiger partial charge in [-0.1, -0.05) is 121 Å². The zero-order valence-corrected chi connectivity index (χ0v) is 23.7. The Morgan fingerprint density at radius 1 is 0.659 bits per heavy atom. The first-order valence-corrected chi connectivity index (χ1v) is 14.8. The molecule has 8 rings (SSSR count). The Balaban J connectivity index is 1.22. The maximum atomic E-state index is 14.5. The molecule has 5 aromatic rings. The van der Waals surface area contributed by atoms with E-state index in [9.17, 15) is 14.4 Å². The van der Waals surface area contributed by atoms with E-state index in [1.54, 1.807) is 6.07 Å². The van der Waals surface area contributed by atoms with Crippen molar-refractivity contribution in [2.24, 2.45) is 11.8 Å². The molecule has 2 amide bonds. The number of hydrogen-bond donors (Lipinski definition) is 0. The van der Waals surface area contributed by atoms with Crippen LogP contribution in [0.1, 0.15) is 22.8 Å². The standard InChI is InChI=1S/C38H28N2O4/c41-36-32-31-22-20-25-12-9-10-18-30(25)40(31)34(33(32)37(42)39(36)29-21-19-24-11-7-8-17-28(24)23-29)38(43)44-35(26-13-3-1-4-14-26)27-15-5-2-6-16-27/h1-23,31-35H/t31-,32-,33-,34+/m1/s1. The second-order valence-electron chi connectivity index (χ2n) is 11.5. The van der Waals surface area contributed by atoms with Gasteiger partial charge in [0, 0.05) is 5.69 Å². The predicted octanol–water partition coefficient (Wildman–Crippen LogP) is 6.56. The minimum absolute atomic E-state index is 0.299. The maximum absolute atomic E-state index is 14.5. The first-order valence-electron chi connectivity index (χ1n) is 14.8. The molecule has 3 heterocycles. The Morgan fingerprint density at radius 2 is 1.27 bits per heavy atom. The van der Waals surface area contributed by atoms with Crippen molar-refractivity contribution in [2.45, 2.75) is 18.2 Å². The normalized spacial score (nSPS) is 21.8. The number of para-hydroxylation sites is 1. The third kappa shape index (κ3) is 4.06. The molecule has 2 fully saturated rings. The summed E-state index contributed by atoms with van der Waals surface area (Å²) in [5, 5.41) is 1.95. The highest BCUT2D eigenvalue weighted by Gasteiger charge is 2.65.